The van der Waals surface area contributed by atoms with Gasteiger partial charge in [-0.05, 0) is 19.3 Å². The molecule has 2 atom stereocenters. The van der Waals surface area contributed by atoms with E-state index in [1.807, 2.05) is 6.92 Å². The van der Waals surface area contributed by atoms with Gasteiger partial charge in [-0.25, -0.2) is 4.79 Å². The van der Waals surface area contributed by atoms with Crippen LogP contribution in [0.25, 0.3) is 0 Å². The Balaban J connectivity index is 2.64. The molecule has 0 bridgehead atoms. The molecule has 0 aliphatic carbocycles. The van der Waals surface area contributed by atoms with Gasteiger partial charge in [0.25, 0.3) is 0 Å². The molecule has 4 heteroatoms. The molecule has 0 radical (unpaired) electrons. The lowest BCUT2D eigenvalue weighted by Gasteiger charge is -2.25. The van der Waals surface area contributed by atoms with E-state index in [1.54, 1.807) is 4.90 Å². The van der Waals surface area contributed by atoms with Crippen LogP contribution in [0.1, 0.15) is 39.5 Å². The molecule has 0 spiro atoms. The Morgan fingerprint density at radius 2 is 2.19 bits per heavy atom. The second-order valence-electron chi connectivity index (χ2n) is 4.40. The molecule has 1 fully saturated rings. The van der Waals surface area contributed by atoms with Crippen molar-refractivity contribution in [2.75, 3.05) is 13.7 Å². The SMILES string of the molecule is CCCC(C)C(=O)N1CCCC1C(=O)OC. The van der Waals surface area contributed by atoms with Crippen molar-refractivity contribution >= 4 is 11.9 Å². The lowest BCUT2D eigenvalue weighted by Crippen LogP contribution is -2.43. The summed E-state index contributed by atoms with van der Waals surface area (Å²) in [6, 6.07) is -0.350. The first-order valence-corrected chi connectivity index (χ1v) is 6.00. The molecule has 1 rings (SSSR count). The Labute approximate surface area is 96.9 Å². The van der Waals surface area contributed by atoms with Gasteiger partial charge < -0.3 is 9.64 Å². The summed E-state index contributed by atoms with van der Waals surface area (Å²) in [6.07, 6.45) is 3.49. The molecule has 1 amide bonds. The number of hydrogen-bond donors (Lipinski definition) is 0. The highest BCUT2D eigenvalue weighted by Gasteiger charge is 2.36. The molecule has 4 nitrogen and oxygen atoms in total. The molecule has 0 N–H and O–H groups in total. The van der Waals surface area contributed by atoms with Gasteiger partial charge in [-0.15, -0.1) is 0 Å². The number of carbonyl (C=O) groups excluding carboxylic acids is 2. The van der Waals surface area contributed by atoms with Crippen molar-refractivity contribution in [3.63, 3.8) is 0 Å². The molecule has 1 saturated heterocycles. The summed E-state index contributed by atoms with van der Waals surface area (Å²) in [5, 5.41) is 0. The highest BCUT2D eigenvalue weighted by molar-refractivity contribution is 5.86. The normalized spacial score (nSPS) is 21.9. The number of nitrogens with zero attached hydrogens (tertiary/aromatic N) is 1. The van der Waals surface area contributed by atoms with Crippen molar-refractivity contribution in [3.8, 4) is 0 Å². The van der Waals surface area contributed by atoms with E-state index in [2.05, 4.69) is 6.92 Å². The van der Waals surface area contributed by atoms with Gasteiger partial charge >= 0.3 is 5.97 Å². The maximum atomic E-state index is 12.1. The van der Waals surface area contributed by atoms with Crippen LogP contribution in [-0.2, 0) is 14.3 Å². The number of ether oxygens (including phenoxy) is 1. The predicted molar refractivity (Wildman–Crippen MR) is 60.8 cm³/mol. The van der Waals surface area contributed by atoms with Crippen LogP contribution in [0.5, 0.6) is 0 Å². The van der Waals surface area contributed by atoms with Gasteiger partial charge in [0.15, 0.2) is 0 Å². The fourth-order valence-electron chi connectivity index (χ4n) is 2.25. The standard InChI is InChI=1S/C12H21NO3/c1-4-6-9(2)11(14)13-8-5-7-10(13)12(15)16-3/h9-10H,4-8H2,1-3H3. The van der Waals surface area contributed by atoms with E-state index in [9.17, 15) is 9.59 Å². The quantitative estimate of drug-likeness (QED) is 0.685. The van der Waals surface area contributed by atoms with E-state index < -0.39 is 0 Å². The molecular formula is C12H21NO3. The van der Waals surface area contributed by atoms with Crippen LogP contribution >= 0.6 is 0 Å². The zero-order valence-corrected chi connectivity index (χ0v) is 10.4. The second-order valence-corrected chi connectivity index (χ2v) is 4.40. The Morgan fingerprint density at radius 3 is 2.75 bits per heavy atom. The molecule has 92 valence electrons. The monoisotopic (exact) mass is 227 g/mol. The minimum Gasteiger partial charge on any atom is -0.467 e. The van der Waals surface area contributed by atoms with Gasteiger partial charge in [0, 0.05) is 12.5 Å². The second kappa shape index (κ2) is 5.87. The maximum Gasteiger partial charge on any atom is 0.328 e. The van der Waals surface area contributed by atoms with Crippen LogP contribution < -0.4 is 0 Å². The number of carbonyl (C=O) groups is 2. The number of methoxy groups -OCH3 is 1. The predicted octanol–water partition coefficient (Wildman–Crippen LogP) is 1.59. The van der Waals surface area contributed by atoms with E-state index in [-0.39, 0.29) is 23.8 Å². The summed E-state index contributed by atoms with van der Waals surface area (Å²) in [5.41, 5.74) is 0. The average molecular weight is 227 g/mol. The summed E-state index contributed by atoms with van der Waals surface area (Å²) in [4.78, 5) is 25.3. The van der Waals surface area contributed by atoms with Crippen molar-refractivity contribution in [3.05, 3.63) is 0 Å². The molecule has 1 heterocycles. The summed E-state index contributed by atoms with van der Waals surface area (Å²) in [7, 11) is 1.37. The first kappa shape index (κ1) is 13.0. The van der Waals surface area contributed by atoms with Crippen LogP contribution in [-0.4, -0.2) is 36.5 Å². The van der Waals surface area contributed by atoms with Crippen molar-refractivity contribution in [1.82, 2.24) is 4.90 Å². The van der Waals surface area contributed by atoms with E-state index >= 15 is 0 Å². The van der Waals surface area contributed by atoms with Crippen LogP contribution in [0, 0.1) is 5.92 Å². The Kier molecular flexibility index (Phi) is 4.77. The zero-order valence-electron chi connectivity index (χ0n) is 10.4. The van der Waals surface area contributed by atoms with Crippen LogP contribution in [0.3, 0.4) is 0 Å². The summed E-state index contributed by atoms with van der Waals surface area (Å²) in [6.45, 7) is 4.68. The number of hydrogen-bond acceptors (Lipinski definition) is 3. The van der Waals surface area contributed by atoms with Crippen molar-refractivity contribution in [2.24, 2.45) is 5.92 Å². The molecule has 16 heavy (non-hydrogen) atoms. The van der Waals surface area contributed by atoms with Crippen molar-refractivity contribution < 1.29 is 14.3 Å². The Hall–Kier alpha value is -1.06. The third-order valence-electron chi connectivity index (χ3n) is 3.15. The Morgan fingerprint density at radius 1 is 1.50 bits per heavy atom. The lowest BCUT2D eigenvalue weighted by molar-refractivity contribution is -0.152. The molecule has 1 aliphatic heterocycles. The third kappa shape index (κ3) is 2.74. The minimum absolute atomic E-state index is 0.00950. The molecule has 0 aromatic rings. The van der Waals surface area contributed by atoms with Gasteiger partial charge in [0.1, 0.15) is 6.04 Å². The average Bonchev–Trinajstić information content (AvgIpc) is 2.76. The number of amides is 1. The smallest absolute Gasteiger partial charge is 0.328 e. The lowest BCUT2D eigenvalue weighted by atomic mass is 10.0. The van der Waals surface area contributed by atoms with Gasteiger partial charge in [-0.2, -0.15) is 0 Å². The van der Waals surface area contributed by atoms with Gasteiger partial charge in [-0.3, -0.25) is 4.79 Å². The van der Waals surface area contributed by atoms with E-state index in [0.717, 1.165) is 25.7 Å². The summed E-state index contributed by atoms with van der Waals surface area (Å²) >= 11 is 0. The van der Waals surface area contributed by atoms with Crippen LogP contribution in [0.2, 0.25) is 0 Å². The van der Waals surface area contributed by atoms with Gasteiger partial charge in [0.05, 0.1) is 7.11 Å². The molecular weight excluding hydrogens is 206 g/mol. The zero-order chi connectivity index (χ0) is 12.1. The van der Waals surface area contributed by atoms with Gasteiger partial charge in [0.2, 0.25) is 5.91 Å². The number of esters is 1. The fourth-order valence-corrected chi connectivity index (χ4v) is 2.25. The molecule has 0 aromatic heterocycles. The molecule has 0 aromatic carbocycles. The van der Waals surface area contributed by atoms with E-state index in [0.29, 0.717) is 6.54 Å². The summed E-state index contributed by atoms with van der Waals surface area (Å²) in [5.74, 6) is -0.181. The van der Waals surface area contributed by atoms with Crippen LogP contribution in [0.4, 0.5) is 0 Å². The summed E-state index contributed by atoms with van der Waals surface area (Å²) < 4.78 is 4.72. The first-order valence-electron chi connectivity index (χ1n) is 6.00. The minimum atomic E-state index is -0.350. The fraction of sp³-hybridized carbons (Fsp3) is 0.833. The molecule has 2 unspecified atom stereocenters. The molecule has 1 aliphatic rings. The highest BCUT2D eigenvalue weighted by atomic mass is 16.5. The first-order chi connectivity index (χ1) is 7.61. The Bertz CT molecular complexity index is 265. The molecule has 0 saturated carbocycles. The largest absolute Gasteiger partial charge is 0.467 e. The van der Waals surface area contributed by atoms with Crippen molar-refractivity contribution in [1.29, 1.82) is 0 Å². The van der Waals surface area contributed by atoms with E-state index in [4.69, 9.17) is 4.74 Å². The number of likely N-dealkylation sites (tertiary alicyclic amines) is 1. The topological polar surface area (TPSA) is 46.6 Å². The maximum absolute atomic E-state index is 12.1. The van der Waals surface area contributed by atoms with E-state index in [1.165, 1.54) is 7.11 Å². The highest BCUT2D eigenvalue weighted by Crippen LogP contribution is 2.22. The van der Waals surface area contributed by atoms with Crippen molar-refractivity contribution in [2.45, 2.75) is 45.6 Å². The van der Waals surface area contributed by atoms with Gasteiger partial charge in [-0.1, -0.05) is 20.3 Å². The van der Waals surface area contributed by atoms with Crippen LogP contribution in [0.15, 0.2) is 0 Å². The third-order valence-corrected chi connectivity index (χ3v) is 3.15. The number of rotatable bonds is 4.